The van der Waals surface area contributed by atoms with Gasteiger partial charge in [-0.3, -0.25) is 4.57 Å². The smallest absolute Gasteiger partial charge is 0.163 e. The van der Waals surface area contributed by atoms with Crippen molar-refractivity contribution in [3.05, 3.63) is 75.3 Å². The molecule has 4 rings (SSSR count). The van der Waals surface area contributed by atoms with E-state index in [-0.39, 0.29) is 12.0 Å². The summed E-state index contributed by atoms with van der Waals surface area (Å²) in [4.78, 5) is 0. The van der Waals surface area contributed by atoms with E-state index in [0.29, 0.717) is 28.3 Å². The van der Waals surface area contributed by atoms with Crippen molar-refractivity contribution >= 4 is 34.8 Å². The van der Waals surface area contributed by atoms with Gasteiger partial charge < -0.3 is 4.74 Å². The summed E-state index contributed by atoms with van der Waals surface area (Å²) >= 11 is 18.7. The minimum absolute atomic E-state index is 0.256. The third-order valence-corrected chi connectivity index (χ3v) is 4.81. The van der Waals surface area contributed by atoms with Gasteiger partial charge in [0.15, 0.2) is 11.6 Å². The number of nitrogens with zero attached hydrogens (tertiary/aromatic N) is 3. The number of benzene rings is 2. The molecule has 3 aromatic rings. The Hall–Kier alpha value is -1.59. The molecule has 2 heterocycles. The van der Waals surface area contributed by atoms with E-state index in [1.807, 2.05) is 47.0 Å². The molecule has 24 heavy (non-hydrogen) atoms. The second-order valence-corrected chi connectivity index (χ2v) is 6.53. The maximum Gasteiger partial charge on any atom is 0.163 e. The highest BCUT2D eigenvalue weighted by Crippen LogP contribution is 2.39. The van der Waals surface area contributed by atoms with Gasteiger partial charge in [-0.05, 0) is 24.3 Å². The fraction of sp³-hybridized carbons (Fsp3) is 0.176. The molecule has 0 spiro atoms. The number of rotatable bonds is 2. The summed E-state index contributed by atoms with van der Waals surface area (Å²) in [6.07, 6.45) is -0.350. The number of hydrogen-bond acceptors (Lipinski definition) is 3. The Morgan fingerprint density at radius 1 is 1.08 bits per heavy atom. The summed E-state index contributed by atoms with van der Waals surface area (Å²) in [5.74, 6) is 1.62. The van der Waals surface area contributed by atoms with Crippen LogP contribution in [-0.4, -0.2) is 14.8 Å². The molecule has 0 N–H and O–H groups in total. The molecule has 1 aliphatic heterocycles. The highest BCUT2D eigenvalue weighted by Gasteiger charge is 2.28. The van der Waals surface area contributed by atoms with E-state index < -0.39 is 0 Å². The van der Waals surface area contributed by atoms with Crippen molar-refractivity contribution in [1.29, 1.82) is 0 Å². The van der Waals surface area contributed by atoms with Gasteiger partial charge in [0.1, 0.15) is 12.7 Å². The third-order valence-electron chi connectivity index (χ3n) is 4.00. The van der Waals surface area contributed by atoms with E-state index in [9.17, 15) is 0 Å². The van der Waals surface area contributed by atoms with E-state index in [1.54, 1.807) is 0 Å². The van der Waals surface area contributed by atoms with Crippen molar-refractivity contribution in [2.45, 2.75) is 18.6 Å². The normalized spacial score (nSPS) is 16.4. The Bertz CT molecular complexity index is 910. The first-order valence-corrected chi connectivity index (χ1v) is 8.63. The SMILES string of the molecule is ClCc1nnc2n1-c1ccc(Cl)cc1C(c1ccccc1Cl)OC2. The quantitative estimate of drug-likeness (QED) is 0.592. The number of aromatic nitrogens is 3. The molecule has 122 valence electrons. The third kappa shape index (κ3) is 2.60. The zero-order valence-electron chi connectivity index (χ0n) is 12.4. The lowest BCUT2D eigenvalue weighted by Crippen LogP contribution is -2.07. The molecule has 0 fully saturated rings. The lowest BCUT2D eigenvalue weighted by molar-refractivity contribution is 0.0655. The van der Waals surface area contributed by atoms with Crippen LogP contribution in [0, 0.1) is 0 Å². The van der Waals surface area contributed by atoms with Gasteiger partial charge in [-0.25, -0.2) is 0 Å². The second-order valence-electron chi connectivity index (χ2n) is 5.42. The first kappa shape index (κ1) is 15.9. The summed E-state index contributed by atoms with van der Waals surface area (Å²) in [5, 5.41) is 9.60. The monoisotopic (exact) mass is 379 g/mol. The minimum atomic E-state index is -0.350. The summed E-state index contributed by atoms with van der Waals surface area (Å²) in [7, 11) is 0. The predicted molar refractivity (Wildman–Crippen MR) is 94.0 cm³/mol. The van der Waals surface area contributed by atoms with Crippen LogP contribution in [0.1, 0.15) is 28.9 Å². The zero-order chi connectivity index (χ0) is 16.7. The van der Waals surface area contributed by atoms with Crippen LogP contribution in [-0.2, 0) is 17.2 Å². The van der Waals surface area contributed by atoms with Gasteiger partial charge >= 0.3 is 0 Å². The molecule has 1 unspecified atom stereocenters. The molecule has 0 saturated carbocycles. The van der Waals surface area contributed by atoms with Gasteiger partial charge in [-0.15, -0.1) is 21.8 Å². The van der Waals surface area contributed by atoms with Gasteiger partial charge in [-0.2, -0.15) is 0 Å². The highest BCUT2D eigenvalue weighted by molar-refractivity contribution is 6.31. The molecule has 0 amide bonds. The second kappa shape index (κ2) is 6.37. The Kier molecular flexibility index (Phi) is 4.22. The minimum Gasteiger partial charge on any atom is -0.361 e. The van der Waals surface area contributed by atoms with Crippen LogP contribution in [0.5, 0.6) is 0 Å². The van der Waals surface area contributed by atoms with E-state index in [1.165, 1.54) is 0 Å². The van der Waals surface area contributed by atoms with Gasteiger partial charge in [0.05, 0.1) is 11.6 Å². The Labute approximate surface area is 153 Å². The molecule has 1 aromatic heterocycles. The van der Waals surface area contributed by atoms with Crippen molar-refractivity contribution in [3.8, 4) is 5.69 Å². The number of fused-ring (bicyclic) bond motifs is 3. The van der Waals surface area contributed by atoms with Gasteiger partial charge in [0.2, 0.25) is 0 Å². The fourth-order valence-electron chi connectivity index (χ4n) is 2.94. The van der Waals surface area contributed by atoms with Gasteiger partial charge in [-0.1, -0.05) is 41.4 Å². The topological polar surface area (TPSA) is 39.9 Å². The zero-order valence-corrected chi connectivity index (χ0v) is 14.7. The van der Waals surface area contributed by atoms with Crippen LogP contribution in [0.3, 0.4) is 0 Å². The maximum atomic E-state index is 6.39. The Balaban J connectivity index is 1.96. The van der Waals surface area contributed by atoms with Crippen molar-refractivity contribution < 1.29 is 4.74 Å². The molecule has 1 aliphatic rings. The van der Waals surface area contributed by atoms with E-state index in [2.05, 4.69) is 10.2 Å². The largest absolute Gasteiger partial charge is 0.361 e. The van der Waals surface area contributed by atoms with Crippen LogP contribution < -0.4 is 0 Å². The molecule has 7 heteroatoms. The average Bonchev–Trinajstić information content (AvgIpc) is 2.93. The first-order valence-electron chi connectivity index (χ1n) is 7.34. The van der Waals surface area contributed by atoms with E-state index in [0.717, 1.165) is 16.8 Å². The average molecular weight is 381 g/mol. The number of halogens is 3. The first-order chi connectivity index (χ1) is 11.7. The Morgan fingerprint density at radius 3 is 2.71 bits per heavy atom. The fourth-order valence-corrected chi connectivity index (χ4v) is 3.53. The molecular weight excluding hydrogens is 369 g/mol. The Morgan fingerprint density at radius 2 is 1.92 bits per heavy atom. The number of alkyl halides is 1. The summed E-state index contributed by atoms with van der Waals surface area (Å²) < 4.78 is 8.05. The van der Waals surface area contributed by atoms with E-state index >= 15 is 0 Å². The molecule has 2 aromatic carbocycles. The molecule has 0 radical (unpaired) electrons. The van der Waals surface area contributed by atoms with Crippen LogP contribution in [0.2, 0.25) is 10.0 Å². The molecule has 1 atom stereocenters. The lowest BCUT2D eigenvalue weighted by atomic mass is 9.99. The standard InChI is InChI=1S/C17H12Cl3N3O/c18-8-15-21-22-16-9-24-17(11-3-1-2-4-13(11)20)12-7-10(19)5-6-14(12)23(15)16/h1-7,17H,8-9H2. The summed E-state index contributed by atoms with van der Waals surface area (Å²) in [6, 6.07) is 13.3. The molecule has 0 saturated heterocycles. The van der Waals surface area contributed by atoms with Crippen LogP contribution >= 0.6 is 34.8 Å². The van der Waals surface area contributed by atoms with Gasteiger partial charge in [0.25, 0.3) is 0 Å². The van der Waals surface area contributed by atoms with Gasteiger partial charge in [0, 0.05) is 21.2 Å². The van der Waals surface area contributed by atoms with Crippen molar-refractivity contribution in [3.63, 3.8) is 0 Å². The molecule has 4 nitrogen and oxygen atoms in total. The van der Waals surface area contributed by atoms with Crippen molar-refractivity contribution in [1.82, 2.24) is 14.8 Å². The molecule has 0 aliphatic carbocycles. The summed E-state index contributed by atoms with van der Waals surface area (Å²) in [5.41, 5.74) is 2.69. The number of hydrogen-bond donors (Lipinski definition) is 0. The summed E-state index contributed by atoms with van der Waals surface area (Å²) in [6.45, 7) is 0.298. The molecular formula is C17H12Cl3N3O. The van der Waals surface area contributed by atoms with Crippen molar-refractivity contribution in [2.75, 3.05) is 0 Å². The number of ether oxygens (including phenoxy) is 1. The van der Waals surface area contributed by atoms with Crippen molar-refractivity contribution in [2.24, 2.45) is 0 Å². The predicted octanol–water partition coefficient (Wildman–Crippen LogP) is 4.93. The van der Waals surface area contributed by atoms with Crippen LogP contribution in [0.25, 0.3) is 5.69 Å². The molecule has 0 bridgehead atoms. The maximum absolute atomic E-state index is 6.39. The highest BCUT2D eigenvalue weighted by atomic mass is 35.5. The van der Waals surface area contributed by atoms with Crippen LogP contribution in [0.15, 0.2) is 42.5 Å². The van der Waals surface area contributed by atoms with E-state index in [4.69, 9.17) is 39.5 Å². The van der Waals surface area contributed by atoms with Crippen LogP contribution in [0.4, 0.5) is 0 Å². The lowest BCUT2D eigenvalue weighted by Gasteiger charge is -2.20.